The van der Waals surface area contributed by atoms with Gasteiger partial charge in [-0.2, -0.15) is 0 Å². The Balaban J connectivity index is 2.00. The van der Waals surface area contributed by atoms with Gasteiger partial charge in [0.05, 0.1) is 13.2 Å². The first-order valence-corrected chi connectivity index (χ1v) is 7.61. The summed E-state index contributed by atoms with van der Waals surface area (Å²) in [6.45, 7) is 5.15. The molecule has 110 valence electrons. The molecule has 1 aromatic rings. The number of ether oxygens (including phenoxy) is 1. The number of aryl methyl sites for hydroxylation is 1. The van der Waals surface area contributed by atoms with E-state index in [-0.39, 0.29) is 6.61 Å². The van der Waals surface area contributed by atoms with Crippen molar-refractivity contribution in [3.63, 3.8) is 0 Å². The van der Waals surface area contributed by atoms with Gasteiger partial charge in [0.1, 0.15) is 0 Å². The zero-order valence-corrected chi connectivity index (χ0v) is 12.5. The Morgan fingerprint density at radius 3 is 2.80 bits per heavy atom. The number of hydrogen-bond acceptors (Lipinski definition) is 3. The minimum absolute atomic E-state index is 0.0398. The molecule has 3 heteroatoms. The average Bonchev–Trinajstić information content (AvgIpc) is 2.46. The first kappa shape index (κ1) is 15.0. The van der Waals surface area contributed by atoms with E-state index in [0.29, 0.717) is 24.3 Å². The van der Waals surface area contributed by atoms with Crippen LogP contribution in [0.15, 0.2) is 24.3 Å². The molecule has 0 amide bonds. The summed E-state index contributed by atoms with van der Waals surface area (Å²) < 4.78 is 5.89. The maximum Gasteiger partial charge on any atom is 0.213 e. The van der Waals surface area contributed by atoms with Crippen molar-refractivity contribution in [3.05, 3.63) is 35.5 Å². The molecule has 0 saturated carbocycles. The second-order valence-corrected chi connectivity index (χ2v) is 5.70. The Bertz CT molecular complexity index is 456. The molecule has 3 nitrogen and oxygen atoms in total. The Labute approximate surface area is 121 Å². The van der Waals surface area contributed by atoms with Gasteiger partial charge >= 0.3 is 0 Å². The molecule has 0 aromatic carbocycles. The lowest BCUT2D eigenvalue weighted by molar-refractivity contribution is 0.191. The number of hydrogen-bond donors (Lipinski definition) is 1. The maximum atomic E-state index is 9.32. The Hall–Kier alpha value is -1.35. The van der Waals surface area contributed by atoms with E-state index in [9.17, 15) is 5.11 Å². The van der Waals surface area contributed by atoms with Crippen LogP contribution in [-0.4, -0.2) is 16.7 Å². The molecule has 0 saturated heterocycles. The van der Waals surface area contributed by atoms with Crippen molar-refractivity contribution in [1.29, 1.82) is 0 Å². The van der Waals surface area contributed by atoms with E-state index in [0.717, 1.165) is 36.9 Å². The topological polar surface area (TPSA) is 42.4 Å². The van der Waals surface area contributed by atoms with E-state index in [2.05, 4.69) is 31.0 Å². The molecule has 1 aliphatic rings. The number of pyridine rings is 1. The van der Waals surface area contributed by atoms with E-state index in [4.69, 9.17) is 4.74 Å². The van der Waals surface area contributed by atoms with Gasteiger partial charge in [-0.25, -0.2) is 4.98 Å². The Morgan fingerprint density at radius 2 is 2.10 bits per heavy atom. The summed E-state index contributed by atoms with van der Waals surface area (Å²) in [4.78, 5) is 4.53. The summed E-state index contributed by atoms with van der Waals surface area (Å²) in [5, 5.41) is 9.32. The van der Waals surface area contributed by atoms with E-state index < -0.39 is 0 Å². The smallest absolute Gasteiger partial charge is 0.213 e. The van der Waals surface area contributed by atoms with Gasteiger partial charge in [0.2, 0.25) is 5.88 Å². The van der Waals surface area contributed by atoms with Crippen LogP contribution in [0.2, 0.25) is 0 Å². The largest absolute Gasteiger partial charge is 0.477 e. The summed E-state index contributed by atoms with van der Waals surface area (Å²) in [6.07, 6.45) is 8.69. The van der Waals surface area contributed by atoms with Crippen LogP contribution >= 0.6 is 0 Å². The summed E-state index contributed by atoms with van der Waals surface area (Å²) in [5.74, 6) is 1.88. The third-order valence-corrected chi connectivity index (χ3v) is 3.97. The minimum Gasteiger partial charge on any atom is -0.477 e. The first-order chi connectivity index (χ1) is 9.72. The van der Waals surface area contributed by atoms with Gasteiger partial charge in [0.25, 0.3) is 0 Å². The predicted octanol–water partition coefficient (Wildman–Crippen LogP) is 3.51. The quantitative estimate of drug-likeness (QED) is 0.808. The maximum absolute atomic E-state index is 9.32. The zero-order valence-electron chi connectivity index (χ0n) is 12.5. The molecule has 2 atom stereocenters. The summed E-state index contributed by atoms with van der Waals surface area (Å²) in [5.41, 5.74) is 1.89. The van der Waals surface area contributed by atoms with Crippen molar-refractivity contribution in [3.8, 4) is 5.88 Å². The van der Waals surface area contributed by atoms with Crippen molar-refractivity contribution < 1.29 is 9.84 Å². The normalized spacial score (nSPS) is 21.9. The lowest BCUT2D eigenvalue weighted by Crippen LogP contribution is -2.21. The Kier molecular flexibility index (Phi) is 5.60. The lowest BCUT2D eigenvalue weighted by Gasteiger charge is -2.25. The summed E-state index contributed by atoms with van der Waals surface area (Å²) in [7, 11) is 0. The molecule has 1 N–H and O–H groups in total. The van der Waals surface area contributed by atoms with Crippen LogP contribution in [-0.2, 0) is 13.0 Å². The van der Waals surface area contributed by atoms with Crippen molar-refractivity contribution in [2.45, 2.75) is 46.1 Å². The van der Waals surface area contributed by atoms with Gasteiger partial charge in [-0.15, -0.1) is 0 Å². The number of aromatic nitrogens is 1. The van der Waals surface area contributed by atoms with Gasteiger partial charge < -0.3 is 9.84 Å². The predicted molar refractivity (Wildman–Crippen MR) is 80.7 cm³/mol. The molecule has 1 heterocycles. The number of allylic oxidation sites excluding steroid dienone is 2. The van der Waals surface area contributed by atoms with Crippen LogP contribution in [0, 0.1) is 11.8 Å². The SMILES string of the molecule is CCCc1cc(CO)cc(OCC2CC=CCC2C)n1. The fourth-order valence-corrected chi connectivity index (χ4v) is 2.60. The van der Waals surface area contributed by atoms with Gasteiger partial charge in [-0.1, -0.05) is 32.4 Å². The lowest BCUT2D eigenvalue weighted by atomic mass is 9.85. The van der Waals surface area contributed by atoms with Gasteiger partial charge in [-0.3, -0.25) is 0 Å². The summed E-state index contributed by atoms with van der Waals surface area (Å²) >= 11 is 0. The highest BCUT2D eigenvalue weighted by atomic mass is 16.5. The molecule has 0 bridgehead atoms. The molecule has 0 fully saturated rings. The highest BCUT2D eigenvalue weighted by Crippen LogP contribution is 2.26. The van der Waals surface area contributed by atoms with Crippen molar-refractivity contribution >= 4 is 0 Å². The third kappa shape index (κ3) is 4.07. The number of aliphatic hydroxyl groups is 1. The van der Waals surface area contributed by atoms with Gasteiger partial charge in [0, 0.05) is 11.8 Å². The van der Waals surface area contributed by atoms with Crippen molar-refractivity contribution in [2.24, 2.45) is 11.8 Å². The van der Waals surface area contributed by atoms with Crippen LogP contribution in [0.3, 0.4) is 0 Å². The first-order valence-electron chi connectivity index (χ1n) is 7.61. The van der Waals surface area contributed by atoms with E-state index in [1.807, 2.05) is 12.1 Å². The summed E-state index contributed by atoms with van der Waals surface area (Å²) in [6, 6.07) is 3.81. The number of rotatable bonds is 6. The van der Waals surface area contributed by atoms with Crippen LogP contribution in [0.1, 0.15) is 44.4 Å². The molecule has 1 aromatic heterocycles. The second kappa shape index (κ2) is 7.44. The van der Waals surface area contributed by atoms with Crippen LogP contribution in [0.25, 0.3) is 0 Å². The Morgan fingerprint density at radius 1 is 1.30 bits per heavy atom. The molecular formula is C17H25NO2. The molecule has 2 unspecified atom stereocenters. The number of aliphatic hydroxyl groups excluding tert-OH is 1. The standard InChI is InChI=1S/C17H25NO2/c1-3-6-16-9-14(11-19)10-17(18-16)20-12-15-8-5-4-7-13(15)2/h4-5,9-10,13,15,19H,3,6-8,11-12H2,1-2H3. The van der Waals surface area contributed by atoms with Crippen molar-refractivity contribution in [2.75, 3.05) is 6.61 Å². The van der Waals surface area contributed by atoms with Crippen LogP contribution in [0.4, 0.5) is 0 Å². The van der Waals surface area contributed by atoms with E-state index >= 15 is 0 Å². The van der Waals surface area contributed by atoms with E-state index in [1.54, 1.807) is 0 Å². The third-order valence-electron chi connectivity index (χ3n) is 3.97. The minimum atomic E-state index is 0.0398. The highest BCUT2D eigenvalue weighted by molar-refractivity contribution is 5.25. The number of nitrogens with zero attached hydrogens (tertiary/aromatic N) is 1. The molecule has 0 radical (unpaired) electrons. The van der Waals surface area contributed by atoms with Gasteiger partial charge in [-0.05, 0) is 42.7 Å². The molecular weight excluding hydrogens is 250 g/mol. The van der Waals surface area contributed by atoms with Gasteiger partial charge in [0.15, 0.2) is 0 Å². The molecule has 20 heavy (non-hydrogen) atoms. The zero-order chi connectivity index (χ0) is 14.4. The van der Waals surface area contributed by atoms with Crippen LogP contribution in [0.5, 0.6) is 5.88 Å². The second-order valence-electron chi connectivity index (χ2n) is 5.70. The fraction of sp³-hybridized carbons (Fsp3) is 0.588. The molecule has 0 spiro atoms. The molecule has 0 aliphatic heterocycles. The molecule has 1 aliphatic carbocycles. The fourth-order valence-electron chi connectivity index (χ4n) is 2.60. The average molecular weight is 275 g/mol. The van der Waals surface area contributed by atoms with Crippen molar-refractivity contribution in [1.82, 2.24) is 4.98 Å². The molecule has 2 rings (SSSR count). The monoisotopic (exact) mass is 275 g/mol. The van der Waals surface area contributed by atoms with E-state index in [1.165, 1.54) is 0 Å². The highest BCUT2D eigenvalue weighted by Gasteiger charge is 2.19. The van der Waals surface area contributed by atoms with Crippen LogP contribution < -0.4 is 4.74 Å².